The van der Waals surface area contributed by atoms with E-state index in [0.717, 1.165) is 11.3 Å². The van der Waals surface area contributed by atoms with Crippen LogP contribution >= 0.6 is 11.6 Å². The molecule has 1 aromatic heterocycles. The van der Waals surface area contributed by atoms with E-state index in [4.69, 9.17) is 16.0 Å². The molecule has 5 nitrogen and oxygen atoms in total. The zero-order valence-electron chi connectivity index (χ0n) is 13.3. The molecule has 0 saturated carbocycles. The van der Waals surface area contributed by atoms with Gasteiger partial charge in [0.15, 0.2) is 0 Å². The van der Waals surface area contributed by atoms with Crippen molar-refractivity contribution in [2.45, 2.75) is 0 Å². The molecule has 0 aliphatic heterocycles. The van der Waals surface area contributed by atoms with E-state index in [9.17, 15) is 4.79 Å². The first kappa shape index (κ1) is 16.8. The van der Waals surface area contributed by atoms with Gasteiger partial charge in [-0.2, -0.15) is 5.10 Å². The van der Waals surface area contributed by atoms with Crippen LogP contribution in [0.3, 0.4) is 0 Å². The van der Waals surface area contributed by atoms with Crippen molar-refractivity contribution >= 4 is 29.4 Å². The van der Waals surface area contributed by atoms with Crippen LogP contribution in [0.4, 0.5) is 5.69 Å². The number of halogens is 1. The standard InChI is InChI=1S/C19H16ClN3O2/c20-15-6-4-5-14(11-15)18-10-9-17(25-18)12-22-23-19(24)13-21-16-7-2-1-3-8-16/h1-12,21H,13H2,(H,23,24)/b22-12-. The lowest BCUT2D eigenvalue weighted by Gasteiger charge is -2.04. The Balaban J connectivity index is 1.51. The van der Waals surface area contributed by atoms with Crippen LogP contribution < -0.4 is 10.7 Å². The summed E-state index contributed by atoms with van der Waals surface area (Å²) in [6.45, 7) is 0.132. The smallest absolute Gasteiger partial charge is 0.259 e. The van der Waals surface area contributed by atoms with E-state index < -0.39 is 0 Å². The molecule has 0 spiro atoms. The molecule has 25 heavy (non-hydrogen) atoms. The van der Waals surface area contributed by atoms with Crippen molar-refractivity contribution < 1.29 is 9.21 Å². The monoisotopic (exact) mass is 353 g/mol. The van der Waals surface area contributed by atoms with E-state index in [1.54, 1.807) is 12.1 Å². The Morgan fingerprint density at radius 3 is 2.72 bits per heavy atom. The zero-order valence-corrected chi connectivity index (χ0v) is 14.0. The molecule has 126 valence electrons. The number of anilines is 1. The van der Waals surface area contributed by atoms with Crippen LogP contribution in [0, 0.1) is 0 Å². The number of hydrogen-bond donors (Lipinski definition) is 2. The first-order valence-electron chi connectivity index (χ1n) is 7.67. The number of para-hydroxylation sites is 1. The summed E-state index contributed by atoms with van der Waals surface area (Å²) in [6, 6.07) is 20.5. The first-order chi connectivity index (χ1) is 12.2. The molecule has 0 aliphatic carbocycles. The number of rotatable bonds is 6. The molecule has 0 unspecified atom stereocenters. The maximum atomic E-state index is 11.7. The van der Waals surface area contributed by atoms with Crippen LogP contribution in [0.1, 0.15) is 5.76 Å². The summed E-state index contributed by atoms with van der Waals surface area (Å²) < 4.78 is 5.66. The highest BCUT2D eigenvalue weighted by Crippen LogP contribution is 2.24. The Morgan fingerprint density at radius 1 is 1.08 bits per heavy atom. The van der Waals surface area contributed by atoms with Gasteiger partial charge in [-0.1, -0.05) is 41.9 Å². The second kappa shape index (κ2) is 8.17. The normalized spacial score (nSPS) is 10.8. The number of carbonyl (C=O) groups excluding carboxylic acids is 1. The number of nitrogens with zero attached hydrogens (tertiary/aromatic N) is 1. The summed E-state index contributed by atoms with van der Waals surface area (Å²) in [5, 5.41) is 7.54. The minimum Gasteiger partial charge on any atom is -0.455 e. The number of hydrogen-bond acceptors (Lipinski definition) is 4. The zero-order chi connectivity index (χ0) is 17.5. The van der Waals surface area contributed by atoms with E-state index in [0.29, 0.717) is 16.5 Å². The lowest BCUT2D eigenvalue weighted by molar-refractivity contribution is -0.119. The number of amides is 1. The van der Waals surface area contributed by atoms with E-state index >= 15 is 0 Å². The molecule has 0 bridgehead atoms. The van der Waals surface area contributed by atoms with Crippen LogP contribution in [0.25, 0.3) is 11.3 Å². The molecule has 0 saturated heterocycles. The summed E-state index contributed by atoms with van der Waals surface area (Å²) in [5.74, 6) is 0.967. The fourth-order valence-corrected chi connectivity index (χ4v) is 2.36. The number of hydrazone groups is 1. The van der Waals surface area contributed by atoms with Crippen molar-refractivity contribution in [3.63, 3.8) is 0 Å². The topological polar surface area (TPSA) is 66.6 Å². The molecule has 2 N–H and O–H groups in total. The molecule has 0 fully saturated rings. The summed E-state index contributed by atoms with van der Waals surface area (Å²) >= 11 is 5.97. The van der Waals surface area contributed by atoms with E-state index in [1.165, 1.54) is 6.21 Å². The van der Waals surface area contributed by atoms with Gasteiger partial charge < -0.3 is 9.73 Å². The average Bonchev–Trinajstić information content (AvgIpc) is 3.10. The fourth-order valence-electron chi connectivity index (χ4n) is 2.16. The highest BCUT2D eigenvalue weighted by atomic mass is 35.5. The van der Waals surface area contributed by atoms with Crippen molar-refractivity contribution in [2.24, 2.45) is 5.10 Å². The Morgan fingerprint density at radius 2 is 1.92 bits per heavy atom. The van der Waals surface area contributed by atoms with Gasteiger partial charge in [0.25, 0.3) is 5.91 Å². The van der Waals surface area contributed by atoms with Gasteiger partial charge in [0.2, 0.25) is 0 Å². The van der Waals surface area contributed by atoms with Crippen molar-refractivity contribution in [3.05, 3.63) is 77.5 Å². The van der Waals surface area contributed by atoms with Gasteiger partial charge in [0, 0.05) is 16.3 Å². The van der Waals surface area contributed by atoms with Gasteiger partial charge >= 0.3 is 0 Å². The van der Waals surface area contributed by atoms with Crippen LogP contribution in [0.5, 0.6) is 0 Å². The van der Waals surface area contributed by atoms with Gasteiger partial charge in [-0.3, -0.25) is 4.79 Å². The fraction of sp³-hybridized carbons (Fsp3) is 0.0526. The Labute approximate surface area is 150 Å². The molecular formula is C19H16ClN3O2. The maximum Gasteiger partial charge on any atom is 0.259 e. The third-order valence-electron chi connectivity index (χ3n) is 3.34. The molecular weight excluding hydrogens is 338 g/mol. The van der Waals surface area contributed by atoms with Gasteiger partial charge in [-0.05, 0) is 36.4 Å². The van der Waals surface area contributed by atoms with E-state index in [2.05, 4.69) is 15.8 Å². The van der Waals surface area contributed by atoms with Crippen LogP contribution in [0.2, 0.25) is 5.02 Å². The lowest BCUT2D eigenvalue weighted by Crippen LogP contribution is -2.25. The highest BCUT2D eigenvalue weighted by molar-refractivity contribution is 6.30. The minimum atomic E-state index is -0.248. The predicted molar refractivity (Wildman–Crippen MR) is 99.8 cm³/mol. The summed E-state index contributed by atoms with van der Waals surface area (Å²) in [6.07, 6.45) is 1.45. The predicted octanol–water partition coefficient (Wildman–Crippen LogP) is 4.16. The summed E-state index contributed by atoms with van der Waals surface area (Å²) in [7, 11) is 0. The number of carbonyl (C=O) groups is 1. The Bertz CT molecular complexity index is 875. The maximum absolute atomic E-state index is 11.7. The van der Waals surface area contributed by atoms with Crippen molar-refractivity contribution in [1.29, 1.82) is 0 Å². The summed E-state index contributed by atoms with van der Waals surface area (Å²) in [5.41, 5.74) is 4.20. The highest BCUT2D eigenvalue weighted by Gasteiger charge is 2.04. The molecule has 3 rings (SSSR count). The molecule has 0 aliphatic rings. The lowest BCUT2D eigenvalue weighted by atomic mass is 10.2. The number of furan rings is 1. The van der Waals surface area contributed by atoms with Gasteiger partial charge in [-0.25, -0.2) is 5.43 Å². The molecule has 1 heterocycles. The van der Waals surface area contributed by atoms with E-state index in [-0.39, 0.29) is 12.5 Å². The number of benzene rings is 2. The van der Waals surface area contributed by atoms with Gasteiger partial charge in [-0.15, -0.1) is 0 Å². The molecule has 2 aromatic carbocycles. The van der Waals surface area contributed by atoms with Gasteiger partial charge in [0.1, 0.15) is 11.5 Å². The van der Waals surface area contributed by atoms with Crippen molar-refractivity contribution in [2.75, 3.05) is 11.9 Å². The van der Waals surface area contributed by atoms with Crippen molar-refractivity contribution in [3.8, 4) is 11.3 Å². The Kier molecular flexibility index (Phi) is 5.49. The van der Waals surface area contributed by atoms with Gasteiger partial charge in [0.05, 0.1) is 12.8 Å². The molecule has 0 radical (unpaired) electrons. The van der Waals surface area contributed by atoms with Crippen LogP contribution in [0.15, 0.2) is 76.2 Å². The SMILES string of the molecule is O=C(CNc1ccccc1)N/N=C\c1ccc(-c2cccc(Cl)c2)o1. The van der Waals surface area contributed by atoms with E-state index in [1.807, 2.05) is 54.6 Å². The molecule has 3 aromatic rings. The quantitative estimate of drug-likeness (QED) is 0.516. The second-order valence-corrected chi connectivity index (χ2v) is 5.66. The summed E-state index contributed by atoms with van der Waals surface area (Å²) in [4.78, 5) is 11.7. The van der Waals surface area contributed by atoms with Crippen LogP contribution in [-0.2, 0) is 4.79 Å². The molecule has 1 amide bonds. The Hall–Kier alpha value is -3.05. The second-order valence-electron chi connectivity index (χ2n) is 5.23. The third-order valence-corrected chi connectivity index (χ3v) is 3.58. The van der Waals surface area contributed by atoms with Crippen LogP contribution in [-0.4, -0.2) is 18.7 Å². The van der Waals surface area contributed by atoms with Crippen molar-refractivity contribution in [1.82, 2.24) is 5.43 Å². The molecule has 6 heteroatoms. The average molecular weight is 354 g/mol. The third kappa shape index (κ3) is 4.96. The molecule has 0 atom stereocenters. The minimum absolute atomic E-state index is 0.132. The number of nitrogens with one attached hydrogen (secondary N) is 2. The first-order valence-corrected chi connectivity index (χ1v) is 8.05. The largest absolute Gasteiger partial charge is 0.455 e.